The lowest BCUT2D eigenvalue weighted by Gasteiger charge is -2.21. The van der Waals surface area contributed by atoms with Gasteiger partial charge in [0.1, 0.15) is 0 Å². The third-order valence-electron chi connectivity index (χ3n) is 2.47. The summed E-state index contributed by atoms with van der Waals surface area (Å²) in [5.74, 6) is 0. The van der Waals surface area contributed by atoms with Crippen LogP contribution in [0.25, 0.3) is 0 Å². The summed E-state index contributed by atoms with van der Waals surface area (Å²) in [6.45, 7) is 0.665. The zero-order valence-corrected chi connectivity index (χ0v) is 8.99. The first-order chi connectivity index (χ1) is 6.32. The van der Waals surface area contributed by atoms with Crippen molar-refractivity contribution in [3.8, 4) is 0 Å². The average Bonchev–Trinajstić information content (AvgIpc) is 2.48. The number of carbonyl (C=O) groups is 1. The first kappa shape index (κ1) is 11.3. The minimum atomic E-state index is -3.22. The second-order valence-corrected chi connectivity index (χ2v) is 5.49. The molecule has 1 aliphatic rings. The molecule has 1 heterocycles. The predicted molar refractivity (Wildman–Crippen MR) is 50.6 cm³/mol. The maximum Gasteiger partial charge on any atom is 0.407 e. The van der Waals surface area contributed by atoms with Gasteiger partial charge in [0.2, 0.25) is 10.0 Å². The van der Waals surface area contributed by atoms with Gasteiger partial charge in [-0.15, -0.1) is 0 Å². The van der Waals surface area contributed by atoms with E-state index in [4.69, 9.17) is 5.11 Å². The Kier molecular flexibility index (Phi) is 3.01. The topological polar surface area (TPSA) is 77.9 Å². The summed E-state index contributed by atoms with van der Waals surface area (Å²) < 4.78 is 23.5. The molecule has 1 rings (SSSR count). The third kappa shape index (κ3) is 2.36. The lowest BCUT2D eigenvalue weighted by Crippen LogP contribution is -2.39. The molecule has 1 unspecified atom stereocenters. The van der Waals surface area contributed by atoms with E-state index in [0.29, 0.717) is 13.0 Å². The maximum atomic E-state index is 11.2. The highest BCUT2D eigenvalue weighted by Crippen LogP contribution is 2.16. The van der Waals surface area contributed by atoms with Crippen molar-refractivity contribution >= 4 is 16.1 Å². The van der Waals surface area contributed by atoms with Gasteiger partial charge >= 0.3 is 6.09 Å². The summed E-state index contributed by atoms with van der Waals surface area (Å²) >= 11 is 0. The van der Waals surface area contributed by atoms with Gasteiger partial charge in [0.05, 0.1) is 6.26 Å². The van der Waals surface area contributed by atoms with Gasteiger partial charge in [0, 0.05) is 26.2 Å². The molecule has 0 aromatic rings. The molecule has 6 nitrogen and oxygen atoms in total. The van der Waals surface area contributed by atoms with Crippen molar-refractivity contribution in [1.82, 2.24) is 9.21 Å². The Morgan fingerprint density at radius 2 is 2.14 bits per heavy atom. The highest BCUT2D eigenvalue weighted by molar-refractivity contribution is 7.88. The molecule has 82 valence electrons. The van der Waals surface area contributed by atoms with Crippen molar-refractivity contribution < 1.29 is 18.3 Å². The summed E-state index contributed by atoms with van der Waals surface area (Å²) in [7, 11) is -1.74. The molecule has 1 fully saturated rings. The van der Waals surface area contributed by atoms with E-state index in [1.165, 1.54) is 16.3 Å². The Bertz CT molecular complexity index is 327. The maximum absolute atomic E-state index is 11.2. The molecule has 0 aromatic carbocycles. The first-order valence-electron chi connectivity index (χ1n) is 4.23. The summed E-state index contributed by atoms with van der Waals surface area (Å²) in [6.07, 6.45) is 0.696. The number of rotatable bonds is 2. The molecule has 0 aromatic heterocycles. The molecule has 0 radical (unpaired) electrons. The van der Waals surface area contributed by atoms with E-state index in [2.05, 4.69) is 0 Å². The van der Waals surface area contributed by atoms with Crippen molar-refractivity contribution in [2.45, 2.75) is 12.5 Å². The van der Waals surface area contributed by atoms with Crippen LogP contribution in [-0.4, -0.2) is 61.3 Å². The van der Waals surface area contributed by atoms with E-state index in [1.807, 2.05) is 0 Å². The fraction of sp³-hybridized carbons (Fsp3) is 0.857. The number of amides is 1. The molecule has 14 heavy (non-hydrogen) atoms. The predicted octanol–water partition coefficient (Wildman–Crippen LogP) is -0.370. The largest absolute Gasteiger partial charge is 0.465 e. The van der Waals surface area contributed by atoms with Crippen LogP contribution in [0.2, 0.25) is 0 Å². The summed E-state index contributed by atoms with van der Waals surface area (Å²) in [5.41, 5.74) is 0. The van der Waals surface area contributed by atoms with E-state index in [0.717, 1.165) is 6.26 Å². The number of sulfonamides is 1. The molecule has 0 aliphatic carbocycles. The van der Waals surface area contributed by atoms with E-state index in [9.17, 15) is 13.2 Å². The van der Waals surface area contributed by atoms with Crippen LogP contribution in [0.1, 0.15) is 6.42 Å². The normalized spacial score (nSPS) is 23.1. The Hall–Kier alpha value is -0.820. The number of carboxylic acid groups (broad SMARTS) is 1. The number of nitrogens with zero attached hydrogens (tertiary/aromatic N) is 2. The van der Waals surface area contributed by atoms with Crippen LogP contribution < -0.4 is 0 Å². The Morgan fingerprint density at radius 1 is 1.57 bits per heavy atom. The highest BCUT2D eigenvalue weighted by Gasteiger charge is 2.32. The van der Waals surface area contributed by atoms with E-state index < -0.39 is 16.1 Å². The van der Waals surface area contributed by atoms with Crippen molar-refractivity contribution in [2.24, 2.45) is 0 Å². The summed E-state index contributed by atoms with van der Waals surface area (Å²) in [6, 6.07) is -0.221. The zero-order valence-electron chi connectivity index (χ0n) is 8.17. The monoisotopic (exact) mass is 222 g/mol. The van der Waals surface area contributed by atoms with Gasteiger partial charge < -0.3 is 10.0 Å². The van der Waals surface area contributed by atoms with Crippen LogP contribution in [0, 0.1) is 0 Å². The molecule has 1 amide bonds. The molecule has 7 heteroatoms. The quantitative estimate of drug-likeness (QED) is 0.691. The van der Waals surface area contributed by atoms with Crippen molar-refractivity contribution in [1.29, 1.82) is 0 Å². The fourth-order valence-electron chi connectivity index (χ4n) is 1.48. The lowest BCUT2D eigenvalue weighted by atomic mass is 10.3. The van der Waals surface area contributed by atoms with Crippen molar-refractivity contribution in [3.05, 3.63) is 0 Å². The number of likely N-dealkylation sites (N-methyl/N-ethyl adjacent to an activating group) is 1. The lowest BCUT2D eigenvalue weighted by molar-refractivity contribution is 0.153. The van der Waals surface area contributed by atoms with Crippen LogP contribution in [0.3, 0.4) is 0 Å². The molecule has 0 saturated carbocycles. The number of hydrogen-bond acceptors (Lipinski definition) is 3. The Labute approximate surface area is 83.2 Å². The molecule has 1 N–H and O–H groups in total. The van der Waals surface area contributed by atoms with Gasteiger partial charge in [-0.05, 0) is 6.42 Å². The van der Waals surface area contributed by atoms with Gasteiger partial charge in [0.25, 0.3) is 0 Å². The highest BCUT2D eigenvalue weighted by atomic mass is 32.2. The Morgan fingerprint density at radius 3 is 2.50 bits per heavy atom. The van der Waals surface area contributed by atoms with Crippen LogP contribution in [0.15, 0.2) is 0 Å². The van der Waals surface area contributed by atoms with Crippen LogP contribution >= 0.6 is 0 Å². The number of hydrogen-bond donors (Lipinski definition) is 1. The molecule has 0 spiro atoms. The molecule has 1 saturated heterocycles. The van der Waals surface area contributed by atoms with Gasteiger partial charge in [0.15, 0.2) is 0 Å². The van der Waals surface area contributed by atoms with Crippen molar-refractivity contribution in [2.75, 3.05) is 26.4 Å². The average molecular weight is 222 g/mol. The molecular weight excluding hydrogens is 208 g/mol. The minimum absolute atomic E-state index is 0.221. The standard InChI is InChI=1S/C7H14N2O4S/c1-8(14(2,12)13)6-3-4-9(5-6)7(10)11/h6H,3-5H2,1-2H3,(H,10,11). The first-order valence-corrected chi connectivity index (χ1v) is 6.08. The van der Waals surface area contributed by atoms with Crippen LogP contribution in [0.5, 0.6) is 0 Å². The Balaban J connectivity index is 2.63. The number of likely N-dealkylation sites (tertiary alicyclic amines) is 1. The smallest absolute Gasteiger partial charge is 0.407 e. The molecule has 1 atom stereocenters. The van der Waals surface area contributed by atoms with Gasteiger partial charge in [-0.1, -0.05) is 0 Å². The zero-order chi connectivity index (χ0) is 10.9. The molecule has 1 aliphatic heterocycles. The second-order valence-electron chi connectivity index (χ2n) is 3.45. The summed E-state index contributed by atoms with van der Waals surface area (Å²) in [4.78, 5) is 11.8. The van der Waals surface area contributed by atoms with Gasteiger partial charge in [-0.2, -0.15) is 0 Å². The van der Waals surface area contributed by atoms with Crippen LogP contribution in [-0.2, 0) is 10.0 Å². The van der Waals surface area contributed by atoms with Crippen molar-refractivity contribution in [3.63, 3.8) is 0 Å². The summed E-state index contributed by atoms with van der Waals surface area (Å²) in [5, 5.41) is 8.67. The fourth-order valence-corrected chi connectivity index (χ4v) is 2.20. The van der Waals surface area contributed by atoms with Crippen LogP contribution in [0.4, 0.5) is 4.79 Å². The SMILES string of the molecule is CN(C1CCN(C(=O)O)C1)S(C)(=O)=O. The second kappa shape index (κ2) is 3.74. The molecular formula is C7H14N2O4S. The third-order valence-corrected chi connectivity index (χ3v) is 3.82. The minimum Gasteiger partial charge on any atom is -0.465 e. The van der Waals surface area contributed by atoms with E-state index in [-0.39, 0.29) is 12.6 Å². The van der Waals surface area contributed by atoms with Gasteiger partial charge in [-0.25, -0.2) is 17.5 Å². The van der Waals surface area contributed by atoms with E-state index >= 15 is 0 Å². The van der Waals surface area contributed by atoms with Gasteiger partial charge in [-0.3, -0.25) is 0 Å². The molecule has 0 bridgehead atoms. The van der Waals surface area contributed by atoms with E-state index in [1.54, 1.807) is 0 Å².